The molecule has 2 aromatic heterocycles. The lowest BCUT2D eigenvalue weighted by molar-refractivity contribution is 0.103. The van der Waals surface area contributed by atoms with Crippen LogP contribution in [0.3, 0.4) is 0 Å². The fourth-order valence-electron chi connectivity index (χ4n) is 5.50. The molecule has 188 valence electrons. The first-order valence-corrected chi connectivity index (χ1v) is 13.7. The summed E-state index contributed by atoms with van der Waals surface area (Å²) < 4.78 is 4.61. The van der Waals surface area contributed by atoms with Gasteiger partial charge in [-0.15, -0.1) is 0 Å². The molecule has 0 spiro atoms. The van der Waals surface area contributed by atoms with Gasteiger partial charge < -0.3 is 14.0 Å². The second-order valence-corrected chi connectivity index (χ2v) is 10.3. The molecule has 3 heterocycles. The first-order chi connectivity index (χ1) is 17.0. The predicted molar refractivity (Wildman–Crippen MR) is 148 cm³/mol. The number of fused-ring (bicyclic) bond motifs is 1. The number of carbonyl (C=O) groups is 1. The molecule has 0 aliphatic carbocycles. The summed E-state index contributed by atoms with van der Waals surface area (Å²) in [6.45, 7) is 16.1. The maximum atomic E-state index is 14.2. The molecule has 1 atom stereocenters. The van der Waals surface area contributed by atoms with Gasteiger partial charge in [-0.25, -0.2) is 0 Å². The van der Waals surface area contributed by atoms with Crippen LogP contribution >= 0.6 is 0 Å². The zero-order chi connectivity index (χ0) is 24.9. The Labute approximate surface area is 211 Å². The molecule has 3 aromatic rings. The Morgan fingerprint density at radius 1 is 0.971 bits per heavy atom. The van der Waals surface area contributed by atoms with E-state index in [1.54, 1.807) is 0 Å². The smallest absolute Gasteiger partial charge is 0.211 e. The summed E-state index contributed by atoms with van der Waals surface area (Å²) >= 11 is 0. The standard InChI is InChI=1S/C31H43N3O/c1-6-17-33-24(4)26(16-15-23(3)7-2)22-29(33)31(35)30-25(5)34(28-14-10-9-13-27(28)30)21-20-32-18-11-8-12-19-32/h9-10,13-16,22-23H,6-8,11-12,17-21H2,1-5H3/b16-15-. The molecule has 35 heavy (non-hydrogen) atoms. The SMILES string of the molecule is CCCn1c(C(=O)c2c(C)n(CCN3CCCCC3)c3ccccc23)cc(/C=C\C(C)CC)c1C. The van der Waals surface area contributed by atoms with Crippen molar-refractivity contribution in [2.24, 2.45) is 5.92 Å². The van der Waals surface area contributed by atoms with Crippen molar-refractivity contribution in [3.8, 4) is 0 Å². The van der Waals surface area contributed by atoms with Crippen LogP contribution in [0.5, 0.6) is 0 Å². The highest BCUT2D eigenvalue weighted by Gasteiger charge is 2.25. The van der Waals surface area contributed by atoms with E-state index >= 15 is 0 Å². The van der Waals surface area contributed by atoms with Gasteiger partial charge in [-0.05, 0) is 69.8 Å². The highest BCUT2D eigenvalue weighted by molar-refractivity contribution is 6.17. The number of rotatable bonds is 10. The number of para-hydroxylation sites is 1. The molecule has 0 N–H and O–H groups in total. The van der Waals surface area contributed by atoms with Crippen LogP contribution in [0.15, 0.2) is 36.4 Å². The van der Waals surface area contributed by atoms with Crippen molar-refractivity contribution in [2.45, 2.75) is 79.8 Å². The number of nitrogens with zero attached hydrogens (tertiary/aromatic N) is 3. The lowest BCUT2D eigenvalue weighted by Gasteiger charge is -2.26. The minimum absolute atomic E-state index is 0.148. The summed E-state index contributed by atoms with van der Waals surface area (Å²) in [6.07, 6.45) is 10.6. The molecule has 1 aromatic carbocycles. The summed E-state index contributed by atoms with van der Waals surface area (Å²) in [5.41, 5.74) is 6.29. The van der Waals surface area contributed by atoms with Crippen LogP contribution in [0.1, 0.15) is 85.9 Å². The fourth-order valence-corrected chi connectivity index (χ4v) is 5.50. The quantitative estimate of drug-likeness (QED) is 0.290. The third-order valence-electron chi connectivity index (χ3n) is 7.88. The van der Waals surface area contributed by atoms with Crippen molar-refractivity contribution in [1.29, 1.82) is 0 Å². The summed E-state index contributed by atoms with van der Waals surface area (Å²) in [7, 11) is 0. The maximum Gasteiger partial charge on any atom is 0.211 e. The maximum absolute atomic E-state index is 14.2. The summed E-state index contributed by atoms with van der Waals surface area (Å²) in [6, 6.07) is 10.6. The van der Waals surface area contributed by atoms with Gasteiger partial charge in [0.1, 0.15) is 0 Å². The molecule has 0 saturated carbocycles. The Morgan fingerprint density at radius 3 is 2.43 bits per heavy atom. The van der Waals surface area contributed by atoms with Gasteiger partial charge in [0.05, 0.1) is 11.3 Å². The topological polar surface area (TPSA) is 30.2 Å². The minimum Gasteiger partial charge on any atom is -0.343 e. The highest BCUT2D eigenvalue weighted by atomic mass is 16.1. The van der Waals surface area contributed by atoms with E-state index in [1.165, 1.54) is 43.6 Å². The van der Waals surface area contributed by atoms with Crippen molar-refractivity contribution in [2.75, 3.05) is 19.6 Å². The molecule has 4 rings (SSSR count). The summed E-state index contributed by atoms with van der Waals surface area (Å²) in [4.78, 5) is 16.8. The zero-order valence-electron chi connectivity index (χ0n) is 22.4. The van der Waals surface area contributed by atoms with Gasteiger partial charge in [-0.1, -0.05) is 64.0 Å². The Hall–Kier alpha value is -2.59. The van der Waals surface area contributed by atoms with Gasteiger partial charge in [0, 0.05) is 41.9 Å². The lowest BCUT2D eigenvalue weighted by Crippen LogP contribution is -2.32. The van der Waals surface area contributed by atoms with E-state index in [-0.39, 0.29) is 5.78 Å². The van der Waals surface area contributed by atoms with Crippen molar-refractivity contribution < 1.29 is 4.79 Å². The second kappa shape index (κ2) is 11.4. The van der Waals surface area contributed by atoms with Crippen LogP contribution < -0.4 is 0 Å². The Balaban J connectivity index is 1.73. The number of allylic oxidation sites excluding steroid dienone is 1. The number of ketones is 1. The Kier molecular flexibility index (Phi) is 8.33. The molecule has 1 unspecified atom stereocenters. The average Bonchev–Trinajstić information content (AvgIpc) is 3.34. The third-order valence-corrected chi connectivity index (χ3v) is 7.88. The van der Waals surface area contributed by atoms with E-state index in [9.17, 15) is 4.79 Å². The number of hydrogen-bond acceptors (Lipinski definition) is 2. The molecule has 0 radical (unpaired) electrons. The fraction of sp³-hybridized carbons (Fsp3) is 0.516. The van der Waals surface area contributed by atoms with Crippen LogP contribution in [-0.4, -0.2) is 39.5 Å². The first kappa shape index (κ1) is 25.5. The van der Waals surface area contributed by atoms with Gasteiger partial charge in [-0.3, -0.25) is 4.79 Å². The highest BCUT2D eigenvalue weighted by Crippen LogP contribution is 2.30. The van der Waals surface area contributed by atoms with E-state index in [0.717, 1.165) is 60.4 Å². The van der Waals surface area contributed by atoms with Gasteiger partial charge in [0.15, 0.2) is 0 Å². The predicted octanol–water partition coefficient (Wildman–Crippen LogP) is 7.25. The molecule has 1 aliphatic rings. The van der Waals surface area contributed by atoms with Crippen molar-refractivity contribution >= 4 is 22.8 Å². The van der Waals surface area contributed by atoms with Gasteiger partial charge in [-0.2, -0.15) is 0 Å². The normalized spacial score (nSPS) is 15.9. The van der Waals surface area contributed by atoms with Crippen LogP contribution in [0.2, 0.25) is 0 Å². The van der Waals surface area contributed by atoms with E-state index in [4.69, 9.17) is 0 Å². The number of hydrogen-bond donors (Lipinski definition) is 0. The number of carbonyl (C=O) groups excluding carboxylic acids is 1. The summed E-state index contributed by atoms with van der Waals surface area (Å²) in [5, 5.41) is 1.08. The number of likely N-dealkylation sites (tertiary alicyclic amines) is 1. The molecule has 0 amide bonds. The van der Waals surface area contributed by atoms with Crippen LogP contribution in [0.25, 0.3) is 17.0 Å². The van der Waals surface area contributed by atoms with Gasteiger partial charge in [0.25, 0.3) is 0 Å². The molecule has 1 fully saturated rings. The van der Waals surface area contributed by atoms with Gasteiger partial charge in [0.2, 0.25) is 5.78 Å². The molecule has 1 saturated heterocycles. The van der Waals surface area contributed by atoms with E-state index < -0.39 is 0 Å². The second-order valence-electron chi connectivity index (χ2n) is 10.3. The lowest BCUT2D eigenvalue weighted by atomic mass is 10.0. The third kappa shape index (κ3) is 5.33. The average molecular weight is 474 g/mol. The summed E-state index contributed by atoms with van der Waals surface area (Å²) in [5.74, 6) is 0.679. The van der Waals surface area contributed by atoms with E-state index in [0.29, 0.717) is 5.92 Å². The van der Waals surface area contributed by atoms with Crippen LogP contribution in [0.4, 0.5) is 0 Å². The van der Waals surface area contributed by atoms with Crippen molar-refractivity contribution in [3.05, 3.63) is 64.6 Å². The largest absolute Gasteiger partial charge is 0.343 e. The van der Waals surface area contributed by atoms with Crippen molar-refractivity contribution in [3.63, 3.8) is 0 Å². The molecular weight excluding hydrogens is 430 g/mol. The molecule has 4 nitrogen and oxygen atoms in total. The number of aromatic nitrogens is 2. The molecule has 4 heteroatoms. The Bertz CT molecular complexity index is 1190. The Morgan fingerprint density at radius 2 is 1.71 bits per heavy atom. The molecule has 1 aliphatic heterocycles. The van der Waals surface area contributed by atoms with Gasteiger partial charge >= 0.3 is 0 Å². The zero-order valence-corrected chi connectivity index (χ0v) is 22.4. The van der Waals surface area contributed by atoms with Crippen LogP contribution in [-0.2, 0) is 13.1 Å². The number of benzene rings is 1. The van der Waals surface area contributed by atoms with Crippen molar-refractivity contribution in [1.82, 2.24) is 14.0 Å². The van der Waals surface area contributed by atoms with E-state index in [2.05, 4.69) is 91.1 Å². The molecule has 0 bridgehead atoms. The molecular formula is C31H43N3O. The first-order valence-electron chi connectivity index (χ1n) is 13.7. The monoisotopic (exact) mass is 473 g/mol. The number of piperidine rings is 1. The minimum atomic E-state index is 0.148. The van der Waals surface area contributed by atoms with E-state index in [1.807, 2.05) is 0 Å². The van der Waals surface area contributed by atoms with Crippen LogP contribution in [0, 0.1) is 19.8 Å².